The van der Waals surface area contributed by atoms with Crippen LogP contribution >= 0.6 is 0 Å². The molecule has 0 aromatic rings. The summed E-state index contributed by atoms with van der Waals surface area (Å²) in [5.74, 6) is 0.411. The van der Waals surface area contributed by atoms with Crippen LogP contribution in [-0.4, -0.2) is 53.2 Å². The van der Waals surface area contributed by atoms with Crippen LogP contribution in [0.2, 0.25) is 0 Å². The normalized spacial score (nSPS) is 46.4. The molecule has 5 aliphatic rings. The molecular weight excluding hydrogens is 308 g/mol. The maximum atomic E-state index is 13.0. The number of hydrogen-bond acceptors (Lipinski definition) is 5. The zero-order valence-corrected chi connectivity index (χ0v) is 14.4. The summed E-state index contributed by atoms with van der Waals surface area (Å²) in [7, 11) is 1.41. The van der Waals surface area contributed by atoms with E-state index in [0.717, 1.165) is 38.5 Å². The number of nitrogens with two attached hydrogens (primary N) is 1. The number of carbonyl (C=O) groups excluding carboxylic acids is 2. The maximum absolute atomic E-state index is 13.0. The van der Waals surface area contributed by atoms with E-state index in [1.807, 2.05) is 0 Å². The van der Waals surface area contributed by atoms with Crippen molar-refractivity contribution in [2.75, 3.05) is 20.2 Å². The number of methoxy groups -OCH3 is 1. The molecule has 6 nitrogen and oxygen atoms in total. The first-order valence-corrected chi connectivity index (χ1v) is 9.19. The predicted molar refractivity (Wildman–Crippen MR) is 86.8 cm³/mol. The van der Waals surface area contributed by atoms with Crippen molar-refractivity contribution < 1.29 is 19.4 Å². The molecule has 6 heteroatoms. The Balaban J connectivity index is 1.83. The molecule has 1 aliphatic heterocycles. The van der Waals surface area contributed by atoms with E-state index >= 15 is 0 Å². The summed E-state index contributed by atoms with van der Waals surface area (Å²) in [6.07, 6.45) is 6.67. The molecular formula is C18H28N2O4. The Morgan fingerprint density at radius 2 is 1.92 bits per heavy atom. The van der Waals surface area contributed by atoms with Gasteiger partial charge in [-0.15, -0.1) is 0 Å². The minimum Gasteiger partial charge on any atom is -0.467 e. The maximum Gasteiger partial charge on any atom is 0.332 e. The quantitative estimate of drug-likeness (QED) is 0.744. The van der Waals surface area contributed by atoms with E-state index in [9.17, 15) is 14.7 Å². The molecule has 0 aromatic carbocycles. The molecule has 5 rings (SSSR count). The number of carbonyl (C=O) groups is 2. The first-order chi connectivity index (χ1) is 11.4. The highest BCUT2D eigenvalue weighted by Crippen LogP contribution is 2.67. The summed E-state index contributed by atoms with van der Waals surface area (Å²) >= 11 is 0. The van der Waals surface area contributed by atoms with Crippen LogP contribution < -0.4 is 5.73 Å². The van der Waals surface area contributed by atoms with Gasteiger partial charge in [-0.2, -0.15) is 0 Å². The first-order valence-electron chi connectivity index (χ1n) is 9.19. The Kier molecular flexibility index (Phi) is 3.52. The monoisotopic (exact) mass is 336 g/mol. The molecule has 4 saturated carbocycles. The highest BCUT2D eigenvalue weighted by atomic mass is 16.5. The van der Waals surface area contributed by atoms with Crippen LogP contribution in [0.3, 0.4) is 0 Å². The Morgan fingerprint density at radius 1 is 1.25 bits per heavy atom. The Bertz CT molecular complexity index is 563. The summed E-state index contributed by atoms with van der Waals surface area (Å²) in [4.78, 5) is 27.3. The van der Waals surface area contributed by atoms with Crippen LogP contribution in [0.4, 0.5) is 0 Å². The second-order valence-corrected chi connectivity index (χ2v) is 8.67. The molecule has 5 atom stereocenters. The molecule has 1 amide bonds. The van der Waals surface area contributed by atoms with Crippen LogP contribution in [-0.2, 0) is 14.3 Å². The van der Waals surface area contributed by atoms with E-state index in [4.69, 9.17) is 10.5 Å². The van der Waals surface area contributed by atoms with Gasteiger partial charge in [0.25, 0.3) is 0 Å². The number of rotatable bonds is 3. The minimum atomic E-state index is -0.941. The number of hydrogen-bond donors (Lipinski definition) is 2. The largest absolute Gasteiger partial charge is 0.467 e. The molecule has 4 bridgehead atoms. The van der Waals surface area contributed by atoms with E-state index < -0.39 is 11.1 Å². The van der Waals surface area contributed by atoms with Gasteiger partial charge < -0.3 is 20.5 Å². The summed E-state index contributed by atoms with van der Waals surface area (Å²) in [6, 6.07) is 0. The SMILES string of the molecule is COC(=O)[C@]1(C23C[C@@H]4C[C@@H](CC(O)(C4)C2)C3)CCCN1C(=O)CN. The van der Waals surface area contributed by atoms with Gasteiger partial charge >= 0.3 is 5.97 Å². The fourth-order valence-electron chi connectivity index (χ4n) is 7.11. The van der Waals surface area contributed by atoms with Gasteiger partial charge in [-0.3, -0.25) is 4.79 Å². The Hall–Kier alpha value is -1.14. The smallest absolute Gasteiger partial charge is 0.332 e. The molecule has 3 N–H and O–H groups in total. The number of esters is 1. The fourth-order valence-corrected chi connectivity index (χ4v) is 7.11. The molecule has 1 heterocycles. The molecule has 0 radical (unpaired) electrons. The molecule has 0 aromatic heterocycles. The molecule has 2 unspecified atom stereocenters. The summed E-state index contributed by atoms with van der Waals surface area (Å²) < 4.78 is 5.23. The molecule has 4 aliphatic carbocycles. The molecule has 1 saturated heterocycles. The summed E-state index contributed by atoms with van der Waals surface area (Å²) in [6.45, 7) is 0.465. The van der Waals surface area contributed by atoms with Crippen LogP contribution in [0.15, 0.2) is 0 Å². The van der Waals surface area contributed by atoms with Gasteiger partial charge in [-0.05, 0) is 63.2 Å². The number of aliphatic hydroxyl groups is 1. The summed E-state index contributed by atoms with van der Waals surface area (Å²) in [5.41, 5.74) is 3.66. The lowest BCUT2D eigenvalue weighted by molar-refractivity contribution is -0.216. The van der Waals surface area contributed by atoms with Gasteiger partial charge in [0.1, 0.15) is 5.54 Å². The van der Waals surface area contributed by atoms with Crippen molar-refractivity contribution in [1.29, 1.82) is 0 Å². The van der Waals surface area contributed by atoms with Crippen molar-refractivity contribution in [3.05, 3.63) is 0 Å². The van der Waals surface area contributed by atoms with E-state index in [1.165, 1.54) is 7.11 Å². The number of nitrogens with zero attached hydrogens (tertiary/aromatic N) is 1. The topological polar surface area (TPSA) is 92.9 Å². The van der Waals surface area contributed by atoms with Crippen molar-refractivity contribution in [3.8, 4) is 0 Å². The highest BCUT2D eigenvalue weighted by Gasteiger charge is 2.70. The number of ether oxygens (including phenoxy) is 1. The third kappa shape index (κ3) is 1.96. The molecule has 134 valence electrons. The van der Waals surface area contributed by atoms with Crippen LogP contribution in [0.25, 0.3) is 0 Å². The average molecular weight is 336 g/mol. The van der Waals surface area contributed by atoms with E-state index in [-0.39, 0.29) is 23.8 Å². The molecule has 5 fully saturated rings. The lowest BCUT2D eigenvalue weighted by atomic mass is 9.42. The second kappa shape index (κ2) is 5.18. The van der Waals surface area contributed by atoms with Gasteiger partial charge in [0, 0.05) is 12.0 Å². The van der Waals surface area contributed by atoms with Crippen LogP contribution in [0.1, 0.15) is 51.4 Å². The van der Waals surface area contributed by atoms with E-state index in [2.05, 4.69) is 0 Å². The average Bonchev–Trinajstić information content (AvgIpc) is 2.97. The van der Waals surface area contributed by atoms with Crippen molar-refractivity contribution in [1.82, 2.24) is 4.90 Å². The van der Waals surface area contributed by atoms with Crippen LogP contribution in [0, 0.1) is 17.3 Å². The highest BCUT2D eigenvalue weighted by molar-refractivity contribution is 5.90. The molecule has 24 heavy (non-hydrogen) atoms. The Morgan fingerprint density at radius 3 is 2.46 bits per heavy atom. The fraction of sp³-hybridized carbons (Fsp3) is 0.889. The molecule has 0 spiro atoms. The van der Waals surface area contributed by atoms with E-state index in [0.29, 0.717) is 31.2 Å². The third-order valence-electron chi connectivity index (χ3n) is 7.29. The van der Waals surface area contributed by atoms with E-state index in [1.54, 1.807) is 4.90 Å². The minimum absolute atomic E-state index is 0.0913. The second-order valence-electron chi connectivity index (χ2n) is 8.67. The standard InChI is InChI=1S/C18H28N2O4/c1-24-15(22)18(3-2-4-20(18)14(21)10-19)16-6-12-5-13(7-16)9-17(23,8-12)11-16/h12-13,23H,2-11,19H2,1H3/t12-,13+,16?,17?,18-/m0/s1. The summed E-state index contributed by atoms with van der Waals surface area (Å²) in [5, 5.41) is 11.1. The van der Waals surface area contributed by atoms with Crippen molar-refractivity contribution in [2.24, 2.45) is 23.0 Å². The van der Waals surface area contributed by atoms with Gasteiger partial charge in [0.15, 0.2) is 0 Å². The predicted octanol–water partition coefficient (Wildman–Crippen LogP) is 0.811. The third-order valence-corrected chi connectivity index (χ3v) is 7.29. The Labute approximate surface area is 142 Å². The van der Waals surface area contributed by atoms with Gasteiger partial charge in [-0.1, -0.05) is 0 Å². The zero-order valence-electron chi connectivity index (χ0n) is 14.4. The van der Waals surface area contributed by atoms with Crippen LogP contribution in [0.5, 0.6) is 0 Å². The van der Waals surface area contributed by atoms with Gasteiger partial charge in [0.05, 0.1) is 19.3 Å². The van der Waals surface area contributed by atoms with Gasteiger partial charge in [0.2, 0.25) is 5.91 Å². The lowest BCUT2D eigenvalue weighted by Crippen LogP contribution is -2.71. The first kappa shape index (κ1) is 16.3. The number of amides is 1. The zero-order chi connectivity index (χ0) is 17.2. The van der Waals surface area contributed by atoms with Crippen molar-refractivity contribution in [2.45, 2.75) is 62.5 Å². The lowest BCUT2D eigenvalue weighted by Gasteiger charge is -2.65. The number of likely N-dealkylation sites (tertiary alicyclic amines) is 1. The van der Waals surface area contributed by atoms with Crippen molar-refractivity contribution >= 4 is 11.9 Å². The van der Waals surface area contributed by atoms with Gasteiger partial charge in [-0.25, -0.2) is 4.79 Å². The van der Waals surface area contributed by atoms with Crippen molar-refractivity contribution in [3.63, 3.8) is 0 Å².